The maximum Gasteiger partial charge on any atom is 0.0726 e. The van der Waals surface area contributed by atoms with E-state index in [1.807, 2.05) is 0 Å². The summed E-state index contributed by atoms with van der Waals surface area (Å²) in [6.07, 6.45) is 0. The van der Waals surface area contributed by atoms with E-state index in [2.05, 4.69) is 231 Å². The van der Waals surface area contributed by atoms with Gasteiger partial charge in [-0.25, -0.2) is 0 Å². The van der Waals surface area contributed by atoms with Gasteiger partial charge in [0.15, 0.2) is 0 Å². The van der Waals surface area contributed by atoms with Crippen molar-refractivity contribution >= 4 is 17.1 Å². The molecule has 0 aliphatic heterocycles. The molecule has 1 spiro atoms. The van der Waals surface area contributed by atoms with Crippen molar-refractivity contribution in [2.75, 3.05) is 4.90 Å². The number of fused-ring (bicyclic) bond motifs is 13. The summed E-state index contributed by atoms with van der Waals surface area (Å²) in [6, 6.07) is 79.3. The van der Waals surface area contributed by atoms with Crippen LogP contribution in [0.3, 0.4) is 0 Å². The first-order chi connectivity index (χ1) is 29.1. The third-order valence-electron chi connectivity index (χ3n) is 13.5. The highest BCUT2D eigenvalue weighted by molar-refractivity contribution is 6.05. The van der Waals surface area contributed by atoms with Gasteiger partial charge in [0.05, 0.1) is 16.8 Å². The first kappa shape index (κ1) is 33.9. The fourth-order valence-electron chi connectivity index (χ4n) is 11.0. The molecule has 0 fully saturated rings. The zero-order chi connectivity index (χ0) is 39.3. The maximum absolute atomic E-state index is 2.60. The largest absolute Gasteiger partial charge is 0.309 e. The fourth-order valence-corrected chi connectivity index (χ4v) is 11.0. The summed E-state index contributed by atoms with van der Waals surface area (Å²) in [4.78, 5) is 2.60. The molecule has 0 saturated heterocycles. The van der Waals surface area contributed by atoms with E-state index in [0.717, 1.165) is 11.4 Å². The van der Waals surface area contributed by atoms with Crippen molar-refractivity contribution < 1.29 is 0 Å². The molecule has 0 N–H and O–H groups in total. The van der Waals surface area contributed by atoms with E-state index in [9.17, 15) is 0 Å². The fraction of sp³-hybridized carbons (Fsp3) is 0.0690. The molecule has 0 bridgehead atoms. The van der Waals surface area contributed by atoms with E-state index in [1.165, 1.54) is 94.7 Å². The number of para-hydroxylation sites is 1. The Morgan fingerprint density at radius 2 is 0.746 bits per heavy atom. The average molecular weight is 752 g/mol. The van der Waals surface area contributed by atoms with E-state index < -0.39 is 5.41 Å². The highest BCUT2D eigenvalue weighted by Crippen LogP contribution is 2.65. The zero-order valence-electron chi connectivity index (χ0n) is 33.2. The molecule has 0 unspecified atom stereocenters. The van der Waals surface area contributed by atoms with E-state index in [4.69, 9.17) is 0 Å². The lowest BCUT2D eigenvalue weighted by Gasteiger charge is -2.34. The molecule has 0 radical (unpaired) electrons. The van der Waals surface area contributed by atoms with Crippen LogP contribution in [0.5, 0.6) is 0 Å². The van der Waals surface area contributed by atoms with Gasteiger partial charge in [-0.15, -0.1) is 0 Å². The van der Waals surface area contributed by atoms with Crippen LogP contribution in [0.25, 0.3) is 55.6 Å². The summed E-state index contributed by atoms with van der Waals surface area (Å²) in [5, 5.41) is 0. The highest BCUT2D eigenvalue weighted by Gasteiger charge is 2.52. The van der Waals surface area contributed by atoms with Gasteiger partial charge in [0, 0.05) is 27.8 Å². The van der Waals surface area contributed by atoms with Crippen LogP contribution in [0.4, 0.5) is 17.1 Å². The quantitative estimate of drug-likeness (QED) is 0.169. The van der Waals surface area contributed by atoms with Crippen LogP contribution in [-0.2, 0) is 10.8 Å². The van der Waals surface area contributed by atoms with Gasteiger partial charge >= 0.3 is 0 Å². The predicted molar refractivity (Wildman–Crippen MR) is 246 cm³/mol. The monoisotopic (exact) mass is 751 g/mol. The molecule has 1 heteroatoms. The molecule has 3 aliphatic rings. The summed E-state index contributed by atoms with van der Waals surface area (Å²) >= 11 is 0. The van der Waals surface area contributed by atoms with Gasteiger partial charge in [-0.3, -0.25) is 0 Å². The molecule has 0 aromatic heterocycles. The Kier molecular flexibility index (Phi) is 7.26. The Hall–Kier alpha value is -7.22. The highest BCUT2D eigenvalue weighted by atomic mass is 15.2. The Balaban J connectivity index is 1.22. The van der Waals surface area contributed by atoms with Crippen molar-refractivity contribution in [1.29, 1.82) is 0 Å². The SMILES string of the molecule is CC1(C)c2ccccc2-c2ccc(N(c3cccc4c3-c3ccccc3C43c4ccccc4-c4ccccc43)c3c(-c4ccccc4)cccc3-c3ccccc3)cc21. The number of hydrogen-bond acceptors (Lipinski definition) is 1. The smallest absolute Gasteiger partial charge is 0.0726 e. The summed E-state index contributed by atoms with van der Waals surface area (Å²) in [7, 11) is 0. The van der Waals surface area contributed by atoms with E-state index in [-0.39, 0.29) is 5.41 Å². The van der Waals surface area contributed by atoms with Gasteiger partial charge in [0.25, 0.3) is 0 Å². The first-order valence-electron chi connectivity index (χ1n) is 20.8. The second-order valence-electron chi connectivity index (χ2n) is 16.8. The molecular weight excluding hydrogens is 711 g/mol. The minimum Gasteiger partial charge on any atom is -0.309 e. The van der Waals surface area contributed by atoms with Gasteiger partial charge in [-0.1, -0.05) is 208 Å². The molecule has 0 saturated carbocycles. The third kappa shape index (κ3) is 4.62. The van der Waals surface area contributed by atoms with Crippen LogP contribution >= 0.6 is 0 Å². The molecule has 0 heterocycles. The Morgan fingerprint density at radius 3 is 1.34 bits per heavy atom. The number of nitrogens with zero attached hydrogens (tertiary/aromatic N) is 1. The lowest BCUT2D eigenvalue weighted by Crippen LogP contribution is -2.26. The van der Waals surface area contributed by atoms with Crippen molar-refractivity contribution in [3.05, 3.63) is 246 Å². The number of rotatable bonds is 5. The predicted octanol–water partition coefficient (Wildman–Crippen LogP) is 15.1. The minimum absolute atomic E-state index is 0.165. The molecule has 59 heavy (non-hydrogen) atoms. The second kappa shape index (κ2) is 12.6. The molecule has 278 valence electrons. The lowest BCUT2D eigenvalue weighted by molar-refractivity contribution is 0.660. The lowest BCUT2D eigenvalue weighted by atomic mass is 9.70. The van der Waals surface area contributed by atoms with Crippen molar-refractivity contribution in [2.45, 2.75) is 24.7 Å². The van der Waals surface area contributed by atoms with E-state index >= 15 is 0 Å². The zero-order valence-corrected chi connectivity index (χ0v) is 33.2. The van der Waals surface area contributed by atoms with Crippen molar-refractivity contribution in [3.8, 4) is 55.6 Å². The van der Waals surface area contributed by atoms with Gasteiger partial charge in [-0.2, -0.15) is 0 Å². The number of anilines is 3. The van der Waals surface area contributed by atoms with Crippen LogP contribution in [0.15, 0.2) is 212 Å². The van der Waals surface area contributed by atoms with Crippen LogP contribution in [-0.4, -0.2) is 0 Å². The summed E-state index contributed by atoms with van der Waals surface area (Å²) in [5.41, 5.74) is 23.5. The Labute approximate surface area is 346 Å². The third-order valence-corrected chi connectivity index (χ3v) is 13.5. The molecule has 9 aromatic rings. The standard InChI is InChI=1S/C58H41N/c1-57(2)48-29-13-9-23-43(48)46-36-35-40(37-53(46)57)59(56-41(38-19-5-3-6-20-38)27-17-28-42(56)39-21-7-4-8-22-39)54-34-18-33-52-55(54)47-26-12-16-32-51(47)58(52)49-30-14-10-24-44(49)45-25-11-15-31-50(45)58/h3-37H,1-2H3. The van der Waals surface area contributed by atoms with Crippen LogP contribution in [0.2, 0.25) is 0 Å². The van der Waals surface area contributed by atoms with Crippen molar-refractivity contribution in [2.24, 2.45) is 0 Å². The first-order valence-corrected chi connectivity index (χ1v) is 20.8. The van der Waals surface area contributed by atoms with Gasteiger partial charge in [0.2, 0.25) is 0 Å². The molecule has 12 rings (SSSR count). The normalized spacial score (nSPS) is 14.2. The maximum atomic E-state index is 2.60. The average Bonchev–Trinajstić information content (AvgIpc) is 3.86. The van der Waals surface area contributed by atoms with Crippen LogP contribution in [0.1, 0.15) is 47.2 Å². The summed E-state index contributed by atoms with van der Waals surface area (Å²) in [5.74, 6) is 0. The van der Waals surface area contributed by atoms with Gasteiger partial charge in [0.1, 0.15) is 0 Å². The minimum atomic E-state index is -0.455. The summed E-state index contributed by atoms with van der Waals surface area (Å²) < 4.78 is 0. The number of hydrogen-bond donors (Lipinski definition) is 0. The van der Waals surface area contributed by atoms with Crippen molar-refractivity contribution in [3.63, 3.8) is 0 Å². The Bertz CT molecular complexity index is 3030. The second-order valence-corrected chi connectivity index (χ2v) is 16.8. The van der Waals surface area contributed by atoms with Crippen LogP contribution < -0.4 is 4.90 Å². The van der Waals surface area contributed by atoms with E-state index in [1.54, 1.807) is 0 Å². The number of benzene rings is 9. The molecular formula is C58H41N. The molecule has 1 nitrogen and oxygen atoms in total. The molecule has 3 aliphatic carbocycles. The van der Waals surface area contributed by atoms with Crippen LogP contribution in [0, 0.1) is 0 Å². The van der Waals surface area contributed by atoms with Gasteiger partial charge in [-0.05, 0) is 90.5 Å². The van der Waals surface area contributed by atoms with Crippen molar-refractivity contribution in [1.82, 2.24) is 0 Å². The van der Waals surface area contributed by atoms with E-state index in [0.29, 0.717) is 0 Å². The summed E-state index contributed by atoms with van der Waals surface area (Å²) in [6.45, 7) is 4.77. The Morgan fingerprint density at radius 1 is 0.322 bits per heavy atom. The topological polar surface area (TPSA) is 3.24 Å². The molecule has 0 amide bonds. The molecule has 0 atom stereocenters. The van der Waals surface area contributed by atoms with Gasteiger partial charge < -0.3 is 4.90 Å². The molecule has 9 aromatic carbocycles.